The Balaban J connectivity index is 2.91. The molecule has 0 aliphatic rings. The lowest BCUT2D eigenvalue weighted by Crippen LogP contribution is -1.78. The molecule has 2 radical (unpaired) electrons. The van der Waals surface area contributed by atoms with Gasteiger partial charge in [0.25, 0.3) is 0 Å². The van der Waals surface area contributed by atoms with Crippen LogP contribution in [0.4, 0.5) is 0 Å². The molecule has 0 saturated heterocycles. The van der Waals surface area contributed by atoms with Gasteiger partial charge in [-0.2, -0.15) is 0 Å². The fourth-order valence-corrected chi connectivity index (χ4v) is 1.50. The summed E-state index contributed by atoms with van der Waals surface area (Å²) in [7, 11) is 0. The van der Waals surface area contributed by atoms with E-state index in [1.54, 1.807) is 0 Å². The normalized spacial score (nSPS) is 11.3. The van der Waals surface area contributed by atoms with E-state index in [0.29, 0.717) is 0 Å². The molecule has 0 heterocycles. The summed E-state index contributed by atoms with van der Waals surface area (Å²) < 4.78 is 0. The molecule has 0 saturated carbocycles. The molecule has 0 unspecified atom stereocenters. The van der Waals surface area contributed by atoms with Crippen molar-refractivity contribution < 1.29 is 0 Å². The summed E-state index contributed by atoms with van der Waals surface area (Å²) in [5.41, 5.74) is 0. The Hall–Kier alpha value is -0.260. The van der Waals surface area contributed by atoms with Crippen molar-refractivity contribution in [2.24, 2.45) is 0 Å². The smallest absolute Gasteiger partial charge is 0.0351 e. The van der Waals surface area contributed by atoms with Gasteiger partial charge in [0.15, 0.2) is 0 Å². The van der Waals surface area contributed by atoms with Crippen LogP contribution in [0.1, 0.15) is 64.2 Å². The molecule has 0 spiro atoms. The average Bonchev–Trinajstić information content (AvgIpc) is 2.21. The highest BCUT2D eigenvalue weighted by Gasteiger charge is 1.88. The van der Waals surface area contributed by atoms with Crippen molar-refractivity contribution in [3.8, 4) is 0 Å². The minimum absolute atomic E-state index is 1.03. The Morgan fingerprint density at radius 3 is 1.79 bits per heavy atom. The zero-order valence-electron chi connectivity index (χ0n) is 9.64. The lowest BCUT2D eigenvalue weighted by molar-refractivity contribution is 0.599. The van der Waals surface area contributed by atoms with Gasteiger partial charge in [0, 0.05) is 0 Å². The average molecular weight is 194 g/mol. The maximum Gasteiger partial charge on any atom is -0.0351 e. The second-order valence-electron chi connectivity index (χ2n) is 3.88. The maximum absolute atomic E-state index is 3.85. The molecule has 14 heavy (non-hydrogen) atoms. The van der Waals surface area contributed by atoms with Gasteiger partial charge in [0.1, 0.15) is 0 Å². The quantitative estimate of drug-likeness (QED) is 0.335. The first-order chi connectivity index (χ1) is 6.91. The van der Waals surface area contributed by atoms with Gasteiger partial charge in [0.05, 0.1) is 0 Å². The van der Waals surface area contributed by atoms with Gasteiger partial charge in [-0.05, 0) is 25.7 Å². The Morgan fingerprint density at radius 1 is 0.571 bits per heavy atom. The lowest BCUT2D eigenvalue weighted by atomic mass is 10.1. The van der Waals surface area contributed by atoms with Gasteiger partial charge in [-0.1, -0.05) is 64.5 Å². The summed E-state index contributed by atoms with van der Waals surface area (Å²) in [6.45, 7) is 7.65. The van der Waals surface area contributed by atoms with E-state index in [1.165, 1.54) is 44.9 Å². The van der Waals surface area contributed by atoms with Crippen molar-refractivity contribution in [1.82, 2.24) is 0 Å². The topological polar surface area (TPSA) is 0 Å². The van der Waals surface area contributed by atoms with E-state index in [-0.39, 0.29) is 0 Å². The number of hydrogen-bond acceptors (Lipinski definition) is 0. The van der Waals surface area contributed by atoms with Crippen LogP contribution in [0.5, 0.6) is 0 Å². The van der Waals surface area contributed by atoms with Crippen LogP contribution in [0, 0.1) is 13.8 Å². The predicted octanol–water partition coefficient (Wildman–Crippen LogP) is 5.11. The minimum atomic E-state index is 1.03. The first kappa shape index (κ1) is 13.7. The van der Waals surface area contributed by atoms with Crippen LogP contribution < -0.4 is 0 Å². The molecule has 0 aromatic carbocycles. The highest BCUT2D eigenvalue weighted by Crippen LogP contribution is 2.08. The SMILES string of the molecule is [CH2]CC/C=C/CCCCCCCC[CH2]. The Kier molecular flexibility index (Phi) is 12.5. The van der Waals surface area contributed by atoms with Crippen LogP contribution in [-0.4, -0.2) is 0 Å². The molecule has 0 fully saturated rings. The molecule has 0 amide bonds. The lowest BCUT2D eigenvalue weighted by Gasteiger charge is -1.98. The third kappa shape index (κ3) is 11.7. The molecule has 82 valence electrons. The van der Waals surface area contributed by atoms with Gasteiger partial charge in [-0.15, -0.1) is 0 Å². The van der Waals surface area contributed by atoms with Gasteiger partial charge in [-0.3, -0.25) is 0 Å². The molecule has 0 aliphatic carbocycles. The highest BCUT2D eigenvalue weighted by molar-refractivity contribution is 4.81. The summed E-state index contributed by atoms with van der Waals surface area (Å²) in [6.07, 6.45) is 17.3. The van der Waals surface area contributed by atoms with Crippen molar-refractivity contribution in [2.75, 3.05) is 0 Å². The third-order valence-electron chi connectivity index (χ3n) is 2.41. The second-order valence-corrected chi connectivity index (χ2v) is 3.88. The fraction of sp³-hybridized carbons (Fsp3) is 0.714. The van der Waals surface area contributed by atoms with Crippen molar-refractivity contribution in [3.63, 3.8) is 0 Å². The second kappa shape index (κ2) is 12.7. The van der Waals surface area contributed by atoms with Crippen LogP contribution >= 0.6 is 0 Å². The molecule has 0 aromatic heterocycles. The molecular weight excluding hydrogens is 168 g/mol. The molecule has 0 rings (SSSR count). The van der Waals surface area contributed by atoms with E-state index in [4.69, 9.17) is 0 Å². The first-order valence-electron chi connectivity index (χ1n) is 6.15. The summed E-state index contributed by atoms with van der Waals surface area (Å²) in [4.78, 5) is 0. The molecular formula is C14H26. The van der Waals surface area contributed by atoms with Crippen LogP contribution in [0.25, 0.3) is 0 Å². The van der Waals surface area contributed by atoms with Gasteiger partial charge >= 0.3 is 0 Å². The Morgan fingerprint density at radius 2 is 1.14 bits per heavy atom. The van der Waals surface area contributed by atoms with E-state index < -0.39 is 0 Å². The number of allylic oxidation sites excluding steroid dienone is 2. The molecule has 0 heteroatoms. The van der Waals surface area contributed by atoms with Crippen LogP contribution in [-0.2, 0) is 0 Å². The van der Waals surface area contributed by atoms with Crippen molar-refractivity contribution >= 4 is 0 Å². The molecule has 0 atom stereocenters. The maximum atomic E-state index is 3.85. The molecule has 0 nitrogen and oxygen atoms in total. The zero-order valence-corrected chi connectivity index (χ0v) is 9.64. The summed E-state index contributed by atoms with van der Waals surface area (Å²) >= 11 is 0. The summed E-state index contributed by atoms with van der Waals surface area (Å²) in [5.74, 6) is 0. The highest BCUT2D eigenvalue weighted by atomic mass is 13.9. The van der Waals surface area contributed by atoms with Crippen molar-refractivity contribution in [2.45, 2.75) is 64.2 Å². The van der Waals surface area contributed by atoms with Crippen molar-refractivity contribution in [1.29, 1.82) is 0 Å². The van der Waals surface area contributed by atoms with Crippen molar-refractivity contribution in [3.05, 3.63) is 26.0 Å². The van der Waals surface area contributed by atoms with E-state index >= 15 is 0 Å². The number of rotatable bonds is 10. The Bertz CT molecular complexity index is 113. The predicted molar refractivity (Wildman–Crippen MR) is 66.0 cm³/mol. The van der Waals surface area contributed by atoms with Gasteiger partial charge in [-0.25, -0.2) is 0 Å². The first-order valence-corrected chi connectivity index (χ1v) is 6.15. The molecule has 0 bridgehead atoms. The molecule has 0 N–H and O–H groups in total. The third-order valence-corrected chi connectivity index (χ3v) is 2.41. The zero-order chi connectivity index (χ0) is 10.5. The van der Waals surface area contributed by atoms with Crippen LogP contribution in [0.2, 0.25) is 0 Å². The minimum Gasteiger partial charge on any atom is -0.0885 e. The standard InChI is InChI=1S/C14H26/c1-3-5-7-9-11-13-14-12-10-8-6-4-2/h7,9H,1-6,8,10-14H2/b9-7+. The van der Waals surface area contributed by atoms with E-state index in [9.17, 15) is 0 Å². The number of unbranched alkanes of at least 4 members (excludes halogenated alkanes) is 8. The van der Waals surface area contributed by atoms with Crippen LogP contribution in [0.3, 0.4) is 0 Å². The molecule has 0 aliphatic heterocycles. The monoisotopic (exact) mass is 194 g/mol. The Labute approximate surface area is 90.8 Å². The number of hydrogen-bond donors (Lipinski definition) is 0. The van der Waals surface area contributed by atoms with Crippen LogP contribution in [0.15, 0.2) is 12.2 Å². The summed E-state index contributed by atoms with van der Waals surface area (Å²) in [6, 6.07) is 0. The fourth-order valence-electron chi connectivity index (χ4n) is 1.50. The van der Waals surface area contributed by atoms with E-state index in [2.05, 4.69) is 26.0 Å². The molecule has 0 aromatic rings. The van der Waals surface area contributed by atoms with Gasteiger partial charge in [0.2, 0.25) is 0 Å². The van der Waals surface area contributed by atoms with E-state index in [1.807, 2.05) is 0 Å². The summed E-state index contributed by atoms with van der Waals surface area (Å²) in [5, 5.41) is 0. The van der Waals surface area contributed by atoms with Gasteiger partial charge < -0.3 is 0 Å². The largest absolute Gasteiger partial charge is 0.0885 e. The van der Waals surface area contributed by atoms with E-state index in [0.717, 1.165) is 19.3 Å².